The number of nitrogens with zero attached hydrogens (tertiary/aromatic N) is 1. The topological polar surface area (TPSA) is 111 Å². The fourth-order valence-electron chi connectivity index (χ4n) is 4.75. The van der Waals surface area contributed by atoms with Crippen LogP contribution in [-0.4, -0.2) is 52.6 Å². The third-order valence-electron chi connectivity index (χ3n) is 6.74. The van der Waals surface area contributed by atoms with E-state index in [0.29, 0.717) is 16.5 Å². The zero-order valence-electron chi connectivity index (χ0n) is 22.1. The van der Waals surface area contributed by atoms with Gasteiger partial charge in [0.15, 0.2) is 5.78 Å². The molecule has 0 heterocycles. The molecule has 0 aromatic heterocycles. The summed E-state index contributed by atoms with van der Waals surface area (Å²) in [5.74, 6) is -6.11. The molecule has 3 rings (SSSR count). The maximum Gasteiger partial charge on any atom is 0.431 e. The maximum absolute atomic E-state index is 14.3. The van der Waals surface area contributed by atoms with Crippen LogP contribution in [0.5, 0.6) is 0 Å². The molecular formula is C28H26Cl2F5N3O4. The molecule has 0 aliphatic heterocycles. The molecule has 0 saturated heterocycles. The van der Waals surface area contributed by atoms with Gasteiger partial charge in [-0.05, 0) is 68.0 Å². The first-order chi connectivity index (χ1) is 19.6. The molecule has 1 fully saturated rings. The number of halogens is 7. The number of hydrogen-bond donors (Lipinski definition) is 3. The Morgan fingerprint density at radius 3 is 2.05 bits per heavy atom. The number of benzene rings is 2. The molecule has 3 N–H and O–H groups in total. The summed E-state index contributed by atoms with van der Waals surface area (Å²) >= 11 is 12.4. The summed E-state index contributed by atoms with van der Waals surface area (Å²) in [5.41, 5.74) is -2.49. The van der Waals surface area contributed by atoms with E-state index in [1.165, 1.54) is 12.1 Å². The summed E-state index contributed by atoms with van der Waals surface area (Å²) in [7, 11) is 0. The van der Waals surface area contributed by atoms with Gasteiger partial charge in [-0.25, -0.2) is 8.78 Å². The second-order valence-corrected chi connectivity index (χ2v) is 10.7. The lowest BCUT2D eigenvalue weighted by Gasteiger charge is -2.30. The SMILES string of the molecule is Cc1cc(Cl)c(C(=O)CN(Cc2cc(F)cc(F)c2)C(=O)/C(C=N)=C(/N[C@H]2CC[C@H](C(=O)O)CC2)C(F)(F)F)c(Cl)c1. The van der Waals surface area contributed by atoms with Gasteiger partial charge in [-0.2, -0.15) is 13.2 Å². The number of amides is 1. The first-order valence-electron chi connectivity index (χ1n) is 12.6. The number of aryl methyl sites for hydroxylation is 1. The van der Waals surface area contributed by atoms with Crippen molar-refractivity contribution in [3.05, 3.63) is 80.0 Å². The molecule has 1 aliphatic rings. The molecule has 0 bridgehead atoms. The van der Waals surface area contributed by atoms with Crippen molar-refractivity contribution >= 4 is 47.1 Å². The van der Waals surface area contributed by atoms with Crippen molar-refractivity contribution in [1.82, 2.24) is 10.2 Å². The standard InChI is InChI=1S/C28H26Cl2F5N3O4/c1-14-6-21(29)24(22(30)7-14)23(39)13-38(12-15-8-17(31)10-18(32)9-15)26(40)20(11-36)25(28(33,34)35)37-19-4-2-16(3-5-19)27(41)42/h6-11,16,19,36-37H,2-5,12-13H2,1H3,(H,41,42)/b25-20+,36-11?/t16-,19-. The summed E-state index contributed by atoms with van der Waals surface area (Å²) in [5, 5.41) is 19.0. The van der Waals surface area contributed by atoms with Crippen LogP contribution in [-0.2, 0) is 16.1 Å². The van der Waals surface area contributed by atoms with Gasteiger partial charge in [-0.3, -0.25) is 14.4 Å². The quantitative estimate of drug-likeness (QED) is 0.120. The number of rotatable bonds is 10. The third-order valence-corrected chi connectivity index (χ3v) is 7.33. The van der Waals surface area contributed by atoms with Crippen molar-refractivity contribution in [3.63, 3.8) is 0 Å². The predicted molar refractivity (Wildman–Crippen MR) is 146 cm³/mol. The number of aliphatic carboxylic acids is 1. The lowest BCUT2D eigenvalue weighted by Crippen LogP contribution is -2.43. The normalized spacial score (nSPS) is 17.7. The van der Waals surface area contributed by atoms with Crippen molar-refractivity contribution in [2.45, 2.75) is 51.4 Å². The van der Waals surface area contributed by atoms with Crippen molar-refractivity contribution in [2.24, 2.45) is 5.92 Å². The molecule has 0 spiro atoms. The molecule has 226 valence electrons. The average molecular weight is 634 g/mol. The van der Waals surface area contributed by atoms with E-state index < -0.39 is 71.8 Å². The Morgan fingerprint density at radius 1 is 1.02 bits per heavy atom. The summed E-state index contributed by atoms with van der Waals surface area (Å²) in [4.78, 5) is 38.7. The highest BCUT2D eigenvalue weighted by Gasteiger charge is 2.41. The summed E-state index contributed by atoms with van der Waals surface area (Å²) in [6.45, 7) is 0.0551. The van der Waals surface area contributed by atoms with Crippen LogP contribution >= 0.6 is 23.2 Å². The minimum atomic E-state index is -5.16. The van der Waals surface area contributed by atoms with Crippen LogP contribution in [0, 0.1) is 29.9 Å². The molecule has 14 heteroatoms. The molecule has 0 radical (unpaired) electrons. The van der Waals surface area contributed by atoms with Gasteiger partial charge in [-0.1, -0.05) is 23.2 Å². The van der Waals surface area contributed by atoms with Crippen LogP contribution in [0.4, 0.5) is 22.0 Å². The highest BCUT2D eigenvalue weighted by Crippen LogP contribution is 2.32. The summed E-state index contributed by atoms with van der Waals surface area (Å²) in [6, 6.07) is 4.23. The van der Waals surface area contributed by atoms with Crippen molar-refractivity contribution in [1.29, 1.82) is 5.41 Å². The number of hydrogen-bond acceptors (Lipinski definition) is 5. The fraction of sp³-hybridized carbons (Fsp3) is 0.357. The van der Waals surface area contributed by atoms with Gasteiger partial charge in [0.25, 0.3) is 5.91 Å². The molecule has 0 atom stereocenters. The zero-order valence-corrected chi connectivity index (χ0v) is 23.6. The van der Waals surface area contributed by atoms with E-state index in [0.717, 1.165) is 12.1 Å². The van der Waals surface area contributed by atoms with Gasteiger partial charge in [0.2, 0.25) is 0 Å². The number of ketones is 1. The molecule has 1 saturated carbocycles. The highest BCUT2D eigenvalue weighted by atomic mass is 35.5. The Hall–Kier alpha value is -3.51. The molecule has 42 heavy (non-hydrogen) atoms. The monoisotopic (exact) mass is 633 g/mol. The van der Waals surface area contributed by atoms with Crippen molar-refractivity contribution in [3.8, 4) is 0 Å². The molecule has 2 aromatic rings. The van der Waals surface area contributed by atoms with Gasteiger partial charge < -0.3 is 20.7 Å². The minimum absolute atomic E-state index is 0.0607. The van der Waals surface area contributed by atoms with Crippen molar-refractivity contribution < 1.29 is 41.4 Å². The number of carboxylic acids is 1. The maximum atomic E-state index is 14.3. The smallest absolute Gasteiger partial charge is 0.431 e. The molecule has 0 unspecified atom stereocenters. The van der Waals surface area contributed by atoms with Crippen LogP contribution in [0.3, 0.4) is 0 Å². The largest absolute Gasteiger partial charge is 0.481 e. The molecular weight excluding hydrogens is 608 g/mol. The van der Waals surface area contributed by atoms with Crippen LogP contribution in [0.15, 0.2) is 41.6 Å². The molecule has 1 amide bonds. The van der Waals surface area contributed by atoms with Crippen LogP contribution < -0.4 is 5.32 Å². The second-order valence-electron chi connectivity index (χ2n) is 9.93. The number of allylic oxidation sites excluding steroid dienone is 1. The van der Waals surface area contributed by atoms with E-state index in [1.54, 1.807) is 6.92 Å². The first kappa shape index (κ1) is 33.0. The number of Topliss-reactive ketones (excluding diaryl/α,β-unsaturated/α-hetero) is 1. The van der Waals surface area contributed by atoms with Crippen molar-refractivity contribution in [2.75, 3.05) is 6.54 Å². The summed E-state index contributed by atoms with van der Waals surface area (Å²) < 4.78 is 70.6. The predicted octanol–water partition coefficient (Wildman–Crippen LogP) is 6.49. The zero-order chi connectivity index (χ0) is 31.4. The number of alkyl halides is 3. The van der Waals surface area contributed by atoms with Gasteiger partial charge in [0, 0.05) is 24.9 Å². The van der Waals surface area contributed by atoms with E-state index in [-0.39, 0.29) is 53.1 Å². The van der Waals surface area contributed by atoms with E-state index in [4.69, 9.17) is 28.6 Å². The minimum Gasteiger partial charge on any atom is -0.481 e. The Morgan fingerprint density at radius 2 is 1.57 bits per heavy atom. The third kappa shape index (κ3) is 8.28. The van der Waals surface area contributed by atoms with E-state index in [1.807, 2.05) is 0 Å². The lowest BCUT2D eigenvalue weighted by molar-refractivity contribution is -0.143. The van der Waals surface area contributed by atoms with Gasteiger partial charge in [-0.15, -0.1) is 0 Å². The first-order valence-corrected chi connectivity index (χ1v) is 13.4. The van der Waals surface area contributed by atoms with E-state index in [9.17, 15) is 41.4 Å². The second kappa shape index (κ2) is 13.6. The van der Waals surface area contributed by atoms with Gasteiger partial charge in [0.05, 0.1) is 33.6 Å². The molecule has 1 aliphatic carbocycles. The molecule has 7 nitrogen and oxygen atoms in total. The Labute approximate surface area is 247 Å². The molecule has 2 aromatic carbocycles. The average Bonchev–Trinajstić information content (AvgIpc) is 2.86. The fourth-order valence-corrected chi connectivity index (χ4v) is 5.56. The van der Waals surface area contributed by atoms with Crippen LogP contribution in [0.25, 0.3) is 0 Å². The van der Waals surface area contributed by atoms with E-state index in [2.05, 4.69) is 5.32 Å². The van der Waals surface area contributed by atoms with Gasteiger partial charge >= 0.3 is 12.1 Å². The van der Waals surface area contributed by atoms with E-state index >= 15 is 0 Å². The van der Waals surface area contributed by atoms with Gasteiger partial charge in [0.1, 0.15) is 17.3 Å². The number of carbonyl (C=O) groups is 3. The number of nitrogens with one attached hydrogen (secondary N) is 2. The Balaban J connectivity index is 2.03. The Kier molecular flexibility index (Phi) is 10.7. The lowest BCUT2D eigenvalue weighted by atomic mass is 9.86. The van der Waals surface area contributed by atoms with Crippen LogP contribution in [0.2, 0.25) is 10.0 Å². The summed E-state index contributed by atoms with van der Waals surface area (Å²) in [6.07, 6.45) is -4.64. The highest BCUT2D eigenvalue weighted by molar-refractivity contribution is 6.40. The Bertz CT molecular complexity index is 1380. The number of carbonyl (C=O) groups excluding carboxylic acids is 2. The number of carboxylic acid groups (broad SMARTS) is 1. The van der Waals surface area contributed by atoms with Crippen LogP contribution in [0.1, 0.15) is 47.2 Å².